The Morgan fingerprint density at radius 3 is 2.73 bits per heavy atom. The van der Waals surface area contributed by atoms with E-state index >= 15 is 0 Å². The van der Waals surface area contributed by atoms with E-state index in [1.807, 2.05) is 57.3 Å². The van der Waals surface area contributed by atoms with Crippen molar-refractivity contribution in [3.05, 3.63) is 48.3 Å². The van der Waals surface area contributed by atoms with Crippen molar-refractivity contribution in [2.24, 2.45) is 11.1 Å². The zero-order valence-electron chi connectivity index (χ0n) is 15.4. The predicted octanol–water partition coefficient (Wildman–Crippen LogP) is 2.44. The summed E-state index contributed by atoms with van der Waals surface area (Å²) in [4.78, 5) is 12.8. The van der Waals surface area contributed by atoms with E-state index in [9.17, 15) is 4.79 Å². The molecule has 1 aromatic carbocycles. The van der Waals surface area contributed by atoms with Crippen LogP contribution in [0.3, 0.4) is 0 Å². The number of hydrogen-bond acceptors (Lipinski definition) is 4. The van der Waals surface area contributed by atoms with Crippen LogP contribution in [-0.4, -0.2) is 33.9 Å². The van der Waals surface area contributed by atoms with Crippen molar-refractivity contribution in [2.75, 3.05) is 6.61 Å². The number of nitrogens with two attached hydrogens (primary N) is 1. The summed E-state index contributed by atoms with van der Waals surface area (Å²) in [5, 5.41) is 7.27. The standard InChI is InChI=1S/C19H26N4O2.ClH/c1-4-25-16-12-19(20,18(16,2)3)17(24)21-13-14-8-5-6-9-15(14)23-11-7-10-22-23;/h5-11,16H,4,12-13,20H2,1-3H3,(H,21,24);1H. The molecule has 2 aromatic rings. The fraction of sp³-hybridized carbons (Fsp3) is 0.474. The van der Waals surface area contributed by atoms with Gasteiger partial charge in [-0.3, -0.25) is 4.79 Å². The van der Waals surface area contributed by atoms with Crippen LogP contribution in [0.15, 0.2) is 42.7 Å². The summed E-state index contributed by atoms with van der Waals surface area (Å²) in [7, 11) is 0. The Bertz CT molecular complexity index is 748. The quantitative estimate of drug-likeness (QED) is 0.808. The van der Waals surface area contributed by atoms with E-state index in [0.29, 0.717) is 19.6 Å². The Labute approximate surface area is 160 Å². The maximum absolute atomic E-state index is 12.8. The summed E-state index contributed by atoms with van der Waals surface area (Å²) in [6.45, 7) is 6.98. The second-order valence-electron chi connectivity index (χ2n) is 7.10. The van der Waals surface area contributed by atoms with Crippen LogP contribution in [0.2, 0.25) is 0 Å². The van der Waals surface area contributed by atoms with Crippen molar-refractivity contribution in [3.63, 3.8) is 0 Å². The van der Waals surface area contributed by atoms with Crippen molar-refractivity contribution in [3.8, 4) is 5.69 Å². The van der Waals surface area contributed by atoms with E-state index in [1.165, 1.54) is 0 Å². The molecule has 1 saturated carbocycles. The zero-order valence-corrected chi connectivity index (χ0v) is 16.3. The van der Waals surface area contributed by atoms with Crippen molar-refractivity contribution in [2.45, 2.75) is 45.4 Å². The third-order valence-corrected chi connectivity index (χ3v) is 5.42. The average molecular weight is 379 g/mol. The van der Waals surface area contributed by atoms with Crippen LogP contribution in [0.25, 0.3) is 5.69 Å². The second kappa shape index (κ2) is 7.78. The van der Waals surface area contributed by atoms with Gasteiger partial charge in [-0.15, -0.1) is 12.4 Å². The Balaban J connectivity index is 0.00000243. The molecule has 2 atom stereocenters. The van der Waals surface area contributed by atoms with Gasteiger partial charge in [0, 0.05) is 37.4 Å². The van der Waals surface area contributed by atoms with Crippen LogP contribution in [0.1, 0.15) is 32.8 Å². The van der Waals surface area contributed by atoms with Crippen LogP contribution >= 0.6 is 12.4 Å². The maximum Gasteiger partial charge on any atom is 0.241 e. The highest BCUT2D eigenvalue weighted by Gasteiger charge is 2.62. The average Bonchev–Trinajstić information content (AvgIpc) is 3.14. The molecule has 0 bridgehead atoms. The number of aromatic nitrogens is 2. The smallest absolute Gasteiger partial charge is 0.241 e. The zero-order chi connectivity index (χ0) is 18.1. The highest BCUT2D eigenvalue weighted by atomic mass is 35.5. The van der Waals surface area contributed by atoms with E-state index in [0.717, 1.165) is 11.3 Å². The SMILES string of the molecule is CCOC1CC(N)(C(=O)NCc2ccccc2-n2cccn2)C1(C)C.Cl. The van der Waals surface area contributed by atoms with E-state index in [-0.39, 0.29) is 24.4 Å². The highest BCUT2D eigenvalue weighted by Crippen LogP contribution is 2.49. The van der Waals surface area contributed by atoms with Gasteiger partial charge in [-0.05, 0) is 24.6 Å². The number of rotatable bonds is 6. The molecule has 7 heteroatoms. The number of nitrogens with one attached hydrogen (secondary N) is 1. The number of benzene rings is 1. The molecule has 2 unspecified atom stereocenters. The monoisotopic (exact) mass is 378 g/mol. The molecule has 1 amide bonds. The van der Waals surface area contributed by atoms with Gasteiger partial charge in [-0.1, -0.05) is 32.0 Å². The van der Waals surface area contributed by atoms with Crippen molar-refractivity contribution in [1.29, 1.82) is 0 Å². The molecule has 3 rings (SSSR count). The first-order valence-corrected chi connectivity index (χ1v) is 8.67. The highest BCUT2D eigenvalue weighted by molar-refractivity contribution is 5.88. The van der Waals surface area contributed by atoms with E-state index in [2.05, 4.69) is 10.4 Å². The van der Waals surface area contributed by atoms with Gasteiger partial charge >= 0.3 is 0 Å². The minimum atomic E-state index is -0.909. The molecule has 1 fully saturated rings. The van der Waals surface area contributed by atoms with Gasteiger partial charge in [0.05, 0.1) is 11.8 Å². The van der Waals surface area contributed by atoms with Gasteiger partial charge in [-0.2, -0.15) is 5.10 Å². The molecule has 0 radical (unpaired) electrons. The van der Waals surface area contributed by atoms with Crippen molar-refractivity contribution < 1.29 is 9.53 Å². The molecule has 1 aliphatic carbocycles. The lowest BCUT2D eigenvalue weighted by atomic mass is 9.54. The van der Waals surface area contributed by atoms with E-state index in [4.69, 9.17) is 10.5 Å². The largest absolute Gasteiger partial charge is 0.378 e. The predicted molar refractivity (Wildman–Crippen MR) is 103 cm³/mol. The number of amides is 1. The van der Waals surface area contributed by atoms with Gasteiger partial charge in [0.2, 0.25) is 5.91 Å². The van der Waals surface area contributed by atoms with Crippen LogP contribution in [0.4, 0.5) is 0 Å². The molecule has 6 nitrogen and oxygen atoms in total. The molecular formula is C19H27ClN4O2. The molecule has 0 spiro atoms. The van der Waals surface area contributed by atoms with E-state index in [1.54, 1.807) is 10.9 Å². The molecule has 0 saturated heterocycles. The number of nitrogens with zero attached hydrogens (tertiary/aromatic N) is 2. The van der Waals surface area contributed by atoms with Crippen LogP contribution in [0.5, 0.6) is 0 Å². The number of para-hydroxylation sites is 1. The molecule has 142 valence electrons. The second-order valence-corrected chi connectivity index (χ2v) is 7.10. The third-order valence-electron chi connectivity index (χ3n) is 5.42. The molecular weight excluding hydrogens is 352 g/mol. The normalized spacial score (nSPS) is 23.6. The number of hydrogen-bond donors (Lipinski definition) is 2. The number of carbonyl (C=O) groups is 1. The summed E-state index contributed by atoms with van der Waals surface area (Å²) in [5.74, 6) is -0.135. The molecule has 1 aromatic heterocycles. The summed E-state index contributed by atoms with van der Waals surface area (Å²) in [6, 6.07) is 9.73. The molecule has 1 heterocycles. The number of halogens is 1. The van der Waals surface area contributed by atoms with Crippen LogP contribution < -0.4 is 11.1 Å². The Morgan fingerprint density at radius 2 is 2.12 bits per heavy atom. The van der Waals surface area contributed by atoms with Crippen molar-refractivity contribution >= 4 is 18.3 Å². The number of carbonyl (C=O) groups excluding carboxylic acids is 1. The Morgan fingerprint density at radius 1 is 1.38 bits per heavy atom. The van der Waals surface area contributed by atoms with Crippen molar-refractivity contribution in [1.82, 2.24) is 15.1 Å². The molecule has 3 N–H and O–H groups in total. The lowest BCUT2D eigenvalue weighted by molar-refractivity contribution is -0.170. The van der Waals surface area contributed by atoms with Gasteiger partial charge < -0.3 is 15.8 Å². The molecule has 1 aliphatic rings. The van der Waals surface area contributed by atoms with Gasteiger partial charge in [0.25, 0.3) is 0 Å². The van der Waals surface area contributed by atoms with Gasteiger partial charge in [0.15, 0.2) is 0 Å². The van der Waals surface area contributed by atoms with Gasteiger partial charge in [0.1, 0.15) is 5.54 Å². The summed E-state index contributed by atoms with van der Waals surface area (Å²) in [6.07, 6.45) is 4.17. The minimum Gasteiger partial charge on any atom is -0.378 e. The fourth-order valence-corrected chi connectivity index (χ4v) is 3.45. The van der Waals surface area contributed by atoms with E-state index < -0.39 is 11.0 Å². The topological polar surface area (TPSA) is 82.2 Å². The summed E-state index contributed by atoms with van der Waals surface area (Å²) in [5.41, 5.74) is 7.06. The lowest BCUT2D eigenvalue weighted by Crippen LogP contribution is -2.75. The Hall–Kier alpha value is -1.89. The summed E-state index contributed by atoms with van der Waals surface area (Å²) < 4.78 is 7.49. The fourth-order valence-electron chi connectivity index (χ4n) is 3.45. The first kappa shape index (κ1) is 20.4. The minimum absolute atomic E-state index is 0. The van der Waals surface area contributed by atoms with Gasteiger partial charge in [-0.25, -0.2) is 4.68 Å². The lowest BCUT2D eigenvalue weighted by Gasteiger charge is -2.57. The molecule has 0 aliphatic heterocycles. The van der Waals surface area contributed by atoms with Crippen LogP contribution in [0, 0.1) is 5.41 Å². The van der Waals surface area contributed by atoms with Crippen LogP contribution in [-0.2, 0) is 16.1 Å². The molecule has 26 heavy (non-hydrogen) atoms. The third kappa shape index (κ3) is 3.37. The summed E-state index contributed by atoms with van der Waals surface area (Å²) >= 11 is 0. The first-order valence-electron chi connectivity index (χ1n) is 8.67. The maximum atomic E-state index is 12.8. The number of ether oxygens (including phenoxy) is 1. The first-order chi connectivity index (χ1) is 11.9. The Kier molecular flexibility index (Phi) is 6.11.